The van der Waals surface area contributed by atoms with Gasteiger partial charge in [-0.1, -0.05) is 18.2 Å². The van der Waals surface area contributed by atoms with Gasteiger partial charge in [0, 0.05) is 26.6 Å². The summed E-state index contributed by atoms with van der Waals surface area (Å²) in [5.41, 5.74) is 6.97. The first kappa shape index (κ1) is 13.8. The molecule has 1 aromatic heterocycles. The minimum absolute atomic E-state index is 0.0276. The second-order valence-corrected chi connectivity index (χ2v) is 5.73. The van der Waals surface area contributed by atoms with Crippen molar-refractivity contribution in [2.24, 2.45) is 5.73 Å². The molecule has 1 unspecified atom stereocenters. The number of hydrogen-bond acceptors (Lipinski definition) is 4. The first-order chi connectivity index (χ1) is 10.1. The van der Waals surface area contributed by atoms with Crippen molar-refractivity contribution in [1.29, 1.82) is 0 Å². The fourth-order valence-corrected chi connectivity index (χ4v) is 3.15. The van der Waals surface area contributed by atoms with E-state index in [1.54, 1.807) is 42.5 Å². The van der Waals surface area contributed by atoms with Crippen molar-refractivity contribution in [2.75, 3.05) is 0 Å². The number of ether oxygens (including phenoxy) is 1. The third-order valence-corrected chi connectivity index (χ3v) is 4.13. The molecule has 0 fully saturated rings. The second kappa shape index (κ2) is 5.68. The van der Waals surface area contributed by atoms with Crippen LogP contribution in [-0.4, -0.2) is 12.0 Å². The third-order valence-electron chi connectivity index (χ3n) is 3.16. The summed E-state index contributed by atoms with van der Waals surface area (Å²) in [5.74, 6) is 0.691. The molecule has 1 atom stereocenters. The van der Waals surface area contributed by atoms with Crippen molar-refractivity contribution >= 4 is 27.2 Å². The van der Waals surface area contributed by atoms with E-state index in [0.29, 0.717) is 11.3 Å². The molecule has 4 heteroatoms. The molecule has 2 aromatic carbocycles. The number of hydrogen-bond donors (Lipinski definition) is 1. The van der Waals surface area contributed by atoms with Gasteiger partial charge < -0.3 is 4.74 Å². The highest BCUT2D eigenvalue weighted by Crippen LogP contribution is 2.28. The Hall–Kier alpha value is -2.17. The fourth-order valence-electron chi connectivity index (χ4n) is 2.21. The molecule has 0 bridgehead atoms. The summed E-state index contributed by atoms with van der Waals surface area (Å²) < 4.78 is 6.50. The summed E-state index contributed by atoms with van der Waals surface area (Å²) in [7, 11) is 0. The molecule has 3 nitrogen and oxygen atoms in total. The molecule has 0 saturated carbocycles. The molecule has 0 aliphatic heterocycles. The fraction of sp³-hybridized carbons (Fsp3) is 0.118. The van der Waals surface area contributed by atoms with Gasteiger partial charge in [-0.15, -0.1) is 11.3 Å². The van der Waals surface area contributed by atoms with Crippen LogP contribution in [0.3, 0.4) is 0 Å². The highest BCUT2D eigenvalue weighted by atomic mass is 32.1. The molecular formula is C17H15NO2S. The summed E-state index contributed by atoms with van der Waals surface area (Å²) in [4.78, 5) is 12.6. The van der Waals surface area contributed by atoms with Gasteiger partial charge >= 0.3 is 0 Å². The van der Waals surface area contributed by atoms with Crippen LogP contribution in [0, 0.1) is 0 Å². The Morgan fingerprint density at radius 2 is 1.86 bits per heavy atom. The van der Waals surface area contributed by atoms with E-state index in [2.05, 4.69) is 0 Å². The van der Waals surface area contributed by atoms with E-state index >= 15 is 0 Å². The van der Waals surface area contributed by atoms with Gasteiger partial charge in [0.15, 0.2) is 5.78 Å². The number of ketones is 1. The Labute approximate surface area is 127 Å². The average Bonchev–Trinajstić information content (AvgIpc) is 2.90. The average molecular weight is 297 g/mol. The zero-order chi connectivity index (χ0) is 14.8. The lowest BCUT2D eigenvalue weighted by atomic mass is 10.0. The number of benzene rings is 2. The van der Waals surface area contributed by atoms with E-state index in [4.69, 9.17) is 10.5 Å². The van der Waals surface area contributed by atoms with E-state index in [0.717, 1.165) is 15.6 Å². The quantitative estimate of drug-likeness (QED) is 0.588. The summed E-state index contributed by atoms with van der Waals surface area (Å²) in [5, 5.41) is 2.92. The van der Waals surface area contributed by atoms with Gasteiger partial charge in [0.25, 0.3) is 0 Å². The molecule has 0 saturated heterocycles. The highest BCUT2D eigenvalue weighted by molar-refractivity contribution is 7.17. The number of rotatable bonds is 4. The molecule has 0 aliphatic rings. The van der Waals surface area contributed by atoms with E-state index < -0.39 is 0 Å². The van der Waals surface area contributed by atoms with Crippen LogP contribution in [0.15, 0.2) is 53.9 Å². The molecule has 21 heavy (non-hydrogen) atoms. The lowest BCUT2D eigenvalue weighted by molar-refractivity contribution is 0.104. The van der Waals surface area contributed by atoms with Crippen molar-refractivity contribution in [3.8, 4) is 5.75 Å². The van der Waals surface area contributed by atoms with Gasteiger partial charge in [-0.25, -0.2) is 0 Å². The Bertz CT molecular complexity index is 775. The molecule has 0 spiro atoms. The largest absolute Gasteiger partial charge is 0.476 e. The minimum Gasteiger partial charge on any atom is -0.476 e. The zero-order valence-corrected chi connectivity index (χ0v) is 12.4. The number of carbonyl (C=O) groups excluding carboxylic acids is 1. The maximum atomic E-state index is 12.6. The lowest BCUT2D eigenvalue weighted by Crippen LogP contribution is -2.22. The van der Waals surface area contributed by atoms with Crippen LogP contribution in [0.1, 0.15) is 22.8 Å². The Balaban J connectivity index is 1.91. The topological polar surface area (TPSA) is 52.3 Å². The van der Waals surface area contributed by atoms with Crippen LogP contribution in [0.4, 0.5) is 0 Å². The van der Waals surface area contributed by atoms with Crippen molar-refractivity contribution in [3.63, 3.8) is 0 Å². The molecule has 3 aromatic rings. The summed E-state index contributed by atoms with van der Waals surface area (Å²) >= 11 is 1.59. The molecule has 2 N–H and O–H groups in total. The van der Waals surface area contributed by atoms with Crippen molar-refractivity contribution in [3.05, 3.63) is 65.0 Å². The third kappa shape index (κ3) is 2.82. The number of nitrogens with two attached hydrogens (primary N) is 1. The van der Waals surface area contributed by atoms with Crippen LogP contribution >= 0.6 is 11.3 Å². The molecule has 0 amide bonds. The monoisotopic (exact) mass is 297 g/mol. The summed E-state index contributed by atoms with van der Waals surface area (Å²) in [6, 6.07) is 15.0. The molecular weight excluding hydrogens is 282 g/mol. The number of fused-ring (bicyclic) bond motifs is 1. The van der Waals surface area contributed by atoms with E-state index in [1.165, 1.54) is 0 Å². The van der Waals surface area contributed by atoms with Crippen molar-refractivity contribution in [2.45, 2.75) is 13.2 Å². The van der Waals surface area contributed by atoms with Crippen LogP contribution < -0.4 is 10.5 Å². The van der Waals surface area contributed by atoms with Crippen molar-refractivity contribution in [1.82, 2.24) is 0 Å². The van der Waals surface area contributed by atoms with Gasteiger partial charge in [0.2, 0.25) is 0 Å². The normalized spacial score (nSPS) is 12.3. The molecule has 106 valence electrons. The maximum absolute atomic E-state index is 12.6. The second-order valence-electron chi connectivity index (χ2n) is 4.82. The first-order valence-corrected chi connectivity index (χ1v) is 7.56. The molecule has 0 aliphatic carbocycles. The summed E-state index contributed by atoms with van der Waals surface area (Å²) in [6.45, 7) is 1.76. The predicted octanol–water partition coefficient (Wildman–Crippen LogP) is 3.82. The van der Waals surface area contributed by atoms with Crippen LogP contribution in [0.25, 0.3) is 10.1 Å². The van der Waals surface area contributed by atoms with Gasteiger partial charge in [-0.2, -0.15) is 0 Å². The van der Waals surface area contributed by atoms with Crippen LogP contribution in [0.2, 0.25) is 0 Å². The van der Waals surface area contributed by atoms with E-state index in [1.807, 2.05) is 29.6 Å². The smallest absolute Gasteiger partial charge is 0.194 e. The highest BCUT2D eigenvalue weighted by Gasteiger charge is 2.14. The lowest BCUT2D eigenvalue weighted by Gasteiger charge is -2.09. The number of carbonyl (C=O) groups is 1. The van der Waals surface area contributed by atoms with Gasteiger partial charge in [0.05, 0.1) is 0 Å². The Kier molecular flexibility index (Phi) is 3.73. The SMILES string of the molecule is CC(N)Oc1ccc(C(=O)c2csc3ccccc23)cc1. The molecule has 1 heterocycles. The van der Waals surface area contributed by atoms with Crippen LogP contribution in [-0.2, 0) is 0 Å². The van der Waals surface area contributed by atoms with E-state index in [9.17, 15) is 4.79 Å². The summed E-state index contributed by atoms with van der Waals surface area (Å²) in [6.07, 6.45) is -0.368. The maximum Gasteiger partial charge on any atom is 0.194 e. The molecule has 3 rings (SSSR count). The number of thiophene rings is 1. The first-order valence-electron chi connectivity index (χ1n) is 6.68. The zero-order valence-electron chi connectivity index (χ0n) is 11.6. The Morgan fingerprint density at radius 1 is 1.14 bits per heavy atom. The predicted molar refractivity (Wildman–Crippen MR) is 86.0 cm³/mol. The minimum atomic E-state index is -0.368. The van der Waals surface area contributed by atoms with Gasteiger partial charge in [0.1, 0.15) is 12.0 Å². The van der Waals surface area contributed by atoms with Gasteiger partial charge in [-0.05, 0) is 37.3 Å². The molecule has 0 radical (unpaired) electrons. The standard InChI is InChI=1S/C17H15NO2S/c1-11(18)20-13-8-6-12(7-9-13)17(19)15-10-21-16-5-3-2-4-14(15)16/h2-11H,18H2,1H3. The van der Waals surface area contributed by atoms with Crippen LogP contribution in [0.5, 0.6) is 5.75 Å². The van der Waals surface area contributed by atoms with Gasteiger partial charge in [-0.3, -0.25) is 10.5 Å². The Morgan fingerprint density at radius 3 is 2.57 bits per heavy atom. The van der Waals surface area contributed by atoms with Crippen molar-refractivity contribution < 1.29 is 9.53 Å². The van der Waals surface area contributed by atoms with E-state index in [-0.39, 0.29) is 12.0 Å².